The van der Waals surface area contributed by atoms with Crippen molar-refractivity contribution in [1.29, 1.82) is 0 Å². The second kappa shape index (κ2) is 8.98. The number of aromatic nitrogens is 1. The minimum atomic E-state index is -0.146. The summed E-state index contributed by atoms with van der Waals surface area (Å²) in [6, 6.07) is 18.3. The number of carbonyl (C=O) groups is 1. The van der Waals surface area contributed by atoms with E-state index in [0.717, 1.165) is 5.69 Å². The fraction of sp³-hybridized carbons (Fsp3) is 0.100. The number of rotatable bonds is 7. The first-order valence-corrected chi connectivity index (χ1v) is 8.77. The molecular weight excluding hydrogens is 362 g/mol. The molecule has 27 heavy (non-hydrogen) atoms. The highest BCUT2D eigenvalue weighted by Gasteiger charge is 2.05. The number of nitrogens with one attached hydrogen (secondary N) is 2. The lowest BCUT2D eigenvalue weighted by Gasteiger charge is -2.09. The Bertz CT molecular complexity index is 891. The highest BCUT2D eigenvalue weighted by atomic mass is 32.1. The van der Waals surface area contributed by atoms with Gasteiger partial charge in [-0.15, -0.1) is 0 Å². The molecule has 0 bridgehead atoms. The number of amides is 1. The van der Waals surface area contributed by atoms with Gasteiger partial charge in [0.1, 0.15) is 17.3 Å². The van der Waals surface area contributed by atoms with Gasteiger partial charge in [0.25, 0.3) is 5.91 Å². The van der Waals surface area contributed by atoms with E-state index >= 15 is 0 Å². The smallest absolute Gasteiger partial charge is 0.251 e. The molecule has 0 saturated heterocycles. The lowest BCUT2D eigenvalue weighted by Crippen LogP contribution is -2.28. The number of ether oxygens (including phenoxy) is 1. The molecule has 1 amide bonds. The molecule has 3 N–H and O–H groups in total. The van der Waals surface area contributed by atoms with Gasteiger partial charge in [-0.3, -0.25) is 15.5 Å². The minimum absolute atomic E-state index is 0.146. The molecular formula is C20H19N3O3S. The number of hydroxylamine groups is 1. The summed E-state index contributed by atoms with van der Waals surface area (Å²) in [5.74, 6) is 0.511. The van der Waals surface area contributed by atoms with Crippen molar-refractivity contribution in [3.8, 4) is 11.4 Å². The van der Waals surface area contributed by atoms with Crippen molar-refractivity contribution < 1.29 is 14.7 Å². The second-order valence-electron chi connectivity index (χ2n) is 5.71. The van der Waals surface area contributed by atoms with Crippen LogP contribution in [-0.4, -0.2) is 33.8 Å². The summed E-state index contributed by atoms with van der Waals surface area (Å²) < 4.78 is 7.56. The van der Waals surface area contributed by atoms with Crippen LogP contribution in [0.5, 0.6) is 5.75 Å². The van der Waals surface area contributed by atoms with E-state index in [9.17, 15) is 4.79 Å². The predicted octanol–water partition coefficient (Wildman–Crippen LogP) is 2.94. The first kappa shape index (κ1) is 18.6. The standard InChI is InChI=1S/C20H19N3O3S/c24-19(15-3-7-17(8-4-15)23-12-1-2-13-23)21-11-14-26-18-9-5-16(6-10-18)20(27)22-25/h1-10,12-13,25H,11,14H2,(H,21,24)(H,22,27). The second-order valence-corrected chi connectivity index (χ2v) is 6.12. The third kappa shape index (κ3) is 4.93. The van der Waals surface area contributed by atoms with Gasteiger partial charge in [0.2, 0.25) is 0 Å². The van der Waals surface area contributed by atoms with Crippen LogP contribution >= 0.6 is 12.2 Å². The summed E-state index contributed by atoms with van der Waals surface area (Å²) in [7, 11) is 0. The van der Waals surface area contributed by atoms with Crippen LogP contribution in [0.15, 0.2) is 73.1 Å². The maximum Gasteiger partial charge on any atom is 0.251 e. The number of hydrogen-bond donors (Lipinski definition) is 3. The van der Waals surface area contributed by atoms with Crippen molar-refractivity contribution in [1.82, 2.24) is 15.4 Å². The summed E-state index contributed by atoms with van der Waals surface area (Å²) in [6.07, 6.45) is 3.90. The Hall–Kier alpha value is -3.16. The van der Waals surface area contributed by atoms with Crippen LogP contribution in [0.1, 0.15) is 15.9 Å². The third-order valence-corrected chi connectivity index (χ3v) is 4.23. The van der Waals surface area contributed by atoms with E-state index < -0.39 is 0 Å². The lowest BCUT2D eigenvalue weighted by atomic mass is 10.2. The van der Waals surface area contributed by atoms with E-state index in [2.05, 4.69) is 5.32 Å². The molecule has 0 saturated carbocycles. The van der Waals surface area contributed by atoms with Gasteiger partial charge >= 0.3 is 0 Å². The highest BCUT2D eigenvalue weighted by Crippen LogP contribution is 2.12. The van der Waals surface area contributed by atoms with Gasteiger partial charge in [-0.2, -0.15) is 0 Å². The van der Waals surface area contributed by atoms with Crippen molar-refractivity contribution in [3.05, 3.63) is 84.2 Å². The Kier molecular flexibility index (Phi) is 6.19. The van der Waals surface area contributed by atoms with Gasteiger partial charge in [-0.05, 0) is 60.7 Å². The summed E-state index contributed by atoms with van der Waals surface area (Å²) in [5.41, 5.74) is 4.22. The molecule has 0 aliphatic carbocycles. The Morgan fingerprint density at radius 3 is 2.26 bits per heavy atom. The number of thiocarbonyl (C=S) groups is 1. The van der Waals surface area contributed by atoms with Gasteiger partial charge in [0, 0.05) is 29.2 Å². The Morgan fingerprint density at radius 1 is 1.00 bits per heavy atom. The maximum absolute atomic E-state index is 12.2. The SMILES string of the molecule is O=C(NCCOc1ccc(C(=S)NO)cc1)c1ccc(-n2cccc2)cc1. The van der Waals surface area contributed by atoms with Crippen LogP contribution in [-0.2, 0) is 0 Å². The van der Waals surface area contributed by atoms with Crippen molar-refractivity contribution in [2.24, 2.45) is 0 Å². The summed E-state index contributed by atoms with van der Waals surface area (Å²) in [4.78, 5) is 12.4. The molecule has 138 valence electrons. The maximum atomic E-state index is 12.2. The van der Waals surface area contributed by atoms with Crippen LogP contribution in [0.3, 0.4) is 0 Å². The molecule has 0 radical (unpaired) electrons. The van der Waals surface area contributed by atoms with Crippen LogP contribution in [0, 0.1) is 0 Å². The van der Waals surface area contributed by atoms with Crippen molar-refractivity contribution in [2.75, 3.05) is 13.2 Å². The van der Waals surface area contributed by atoms with Gasteiger partial charge in [-0.25, -0.2) is 0 Å². The Morgan fingerprint density at radius 2 is 1.63 bits per heavy atom. The monoisotopic (exact) mass is 381 g/mol. The molecule has 0 atom stereocenters. The molecule has 0 unspecified atom stereocenters. The lowest BCUT2D eigenvalue weighted by molar-refractivity contribution is 0.0947. The molecule has 6 nitrogen and oxygen atoms in total. The normalized spacial score (nSPS) is 10.3. The third-order valence-electron chi connectivity index (χ3n) is 3.91. The molecule has 0 spiro atoms. The van der Waals surface area contributed by atoms with Gasteiger partial charge < -0.3 is 14.6 Å². The first-order valence-electron chi connectivity index (χ1n) is 8.36. The zero-order chi connectivity index (χ0) is 19.1. The van der Waals surface area contributed by atoms with Crippen LogP contribution < -0.4 is 15.5 Å². The van der Waals surface area contributed by atoms with Crippen LogP contribution in [0.4, 0.5) is 0 Å². The molecule has 2 aromatic carbocycles. The summed E-state index contributed by atoms with van der Waals surface area (Å²) in [5, 5.41) is 11.6. The molecule has 1 aromatic heterocycles. The molecule has 0 aliphatic rings. The minimum Gasteiger partial charge on any atom is -0.492 e. The van der Waals surface area contributed by atoms with Crippen LogP contribution in [0.2, 0.25) is 0 Å². The first-order chi connectivity index (χ1) is 13.2. The van der Waals surface area contributed by atoms with E-state index in [0.29, 0.717) is 30.0 Å². The highest BCUT2D eigenvalue weighted by molar-refractivity contribution is 7.80. The van der Waals surface area contributed by atoms with Gasteiger partial charge in [-0.1, -0.05) is 12.2 Å². The van der Waals surface area contributed by atoms with Crippen molar-refractivity contribution in [3.63, 3.8) is 0 Å². The van der Waals surface area contributed by atoms with Crippen LogP contribution in [0.25, 0.3) is 5.69 Å². The number of hydrogen-bond acceptors (Lipinski definition) is 4. The van der Waals surface area contributed by atoms with Gasteiger partial charge in [0.05, 0.1) is 6.54 Å². The molecule has 3 aromatic rings. The van der Waals surface area contributed by atoms with Gasteiger partial charge in [0.15, 0.2) is 0 Å². The van der Waals surface area contributed by atoms with E-state index in [1.807, 2.05) is 46.7 Å². The summed E-state index contributed by atoms with van der Waals surface area (Å²) >= 11 is 4.93. The number of benzene rings is 2. The van der Waals surface area contributed by atoms with E-state index in [1.54, 1.807) is 36.4 Å². The fourth-order valence-electron chi connectivity index (χ4n) is 2.49. The molecule has 0 fully saturated rings. The Labute approximate surface area is 162 Å². The fourth-order valence-corrected chi connectivity index (χ4v) is 2.63. The Balaban J connectivity index is 1.45. The molecule has 1 heterocycles. The molecule has 0 aliphatic heterocycles. The molecule has 7 heteroatoms. The van der Waals surface area contributed by atoms with E-state index in [1.165, 1.54) is 0 Å². The predicted molar refractivity (Wildman–Crippen MR) is 107 cm³/mol. The van der Waals surface area contributed by atoms with Crippen molar-refractivity contribution >= 4 is 23.1 Å². The zero-order valence-corrected chi connectivity index (χ0v) is 15.3. The topological polar surface area (TPSA) is 75.5 Å². The average molecular weight is 381 g/mol. The average Bonchev–Trinajstić information content (AvgIpc) is 3.26. The molecule has 3 rings (SSSR count). The number of nitrogens with zero attached hydrogens (tertiary/aromatic N) is 1. The van der Waals surface area contributed by atoms with Crippen molar-refractivity contribution in [2.45, 2.75) is 0 Å². The zero-order valence-electron chi connectivity index (χ0n) is 14.5. The van der Waals surface area contributed by atoms with E-state index in [-0.39, 0.29) is 10.9 Å². The largest absolute Gasteiger partial charge is 0.492 e. The summed E-state index contributed by atoms with van der Waals surface area (Å²) in [6.45, 7) is 0.728. The van der Waals surface area contributed by atoms with E-state index in [4.69, 9.17) is 22.2 Å². The quantitative estimate of drug-likeness (QED) is 0.333. The number of carbonyl (C=O) groups excluding carboxylic acids is 1.